The third kappa shape index (κ3) is 3.50. The molecule has 0 amide bonds. The van der Waals surface area contributed by atoms with E-state index in [0.29, 0.717) is 16.5 Å². The van der Waals surface area contributed by atoms with E-state index in [2.05, 4.69) is 15.3 Å². The van der Waals surface area contributed by atoms with E-state index in [1.165, 1.54) is 6.33 Å². The third-order valence-electron chi connectivity index (χ3n) is 3.75. The predicted molar refractivity (Wildman–Crippen MR) is 89.5 cm³/mol. The molecular weight excluding hydrogens is 318 g/mol. The normalized spacial score (nSPS) is 14.6. The van der Waals surface area contributed by atoms with Crippen LogP contribution in [0.3, 0.4) is 0 Å². The first-order valence-electron chi connectivity index (χ1n) is 7.42. The Balaban J connectivity index is 1.95. The van der Waals surface area contributed by atoms with Gasteiger partial charge in [0.25, 0.3) is 0 Å². The van der Waals surface area contributed by atoms with E-state index in [1.54, 1.807) is 24.3 Å². The van der Waals surface area contributed by atoms with Crippen molar-refractivity contribution in [3.63, 3.8) is 0 Å². The average molecular weight is 334 g/mol. The second-order valence-electron chi connectivity index (χ2n) is 5.33. The van der Waals surface area contributed by atoms with Crippen LogP contribution in [-0.4, -0.2) is 28.0 Å². The Bertz CT molecular complexity index is 702. The molecule has 7 nitrogen and oxygen atoms in total. The molecule has 1 saturated heterocycles. The van der Waals surface area contributed by atoms with Gasteiger partial charge in [0, 0.05) is 23.8 Å². The average Bonchev–Trinajstić information content (AvgIpc) is 2.57. The number of nitro groups is 1. The Morgan fingerprint density at radius 2 is 1.83 bits per heavy atom. The molecule has 0 radical (unpaired) electrons. The molecule has 1 aliphatic rings. The summed E-state index contributed by atoms with van der Waals surface area (Å²) < 4.78 is 0. The molecule has 0 bridgehead atoms. The molecule has 2 aromatic rings. The van der Waals surface area contributed by atoms with Crippen LogP contribution in [0.15, 0.2) is 30.6 Å². The summed E-state index contributed by atoms with van der Waals surface area (Å²) in [5.74, 6) is 0.564. The summed E-state index contributed by atoms with van der Waals surface area (Å²) in [7, 11) is 0. The maximum Gasteiger partial charge on any atom is 0.353 e. The van der Waals surface area contributed by atoms with Gasteiger partial charge in [-0.05, 0) is 43.5 Å². The van der Waals surface area contributed by atoms with Gasteiger partial charge < -0.3 is 10.2 Å². The van der Waals surface area contributed by atoms with Crippen LogP contribution in [0.5, 0.6) is 0 Å². The van der Waals surface area contributed by atoms with Crippen molar-refractivity contribution in [2.24, 2.45) is 0 Å². The van der Waals surface area contributed by atoms with Gasteiger partial charge in [0.05, 0.1) is 4.92 Å². The number of rotatable bonds is 4. The summed E-state index contributed by atoms with van der Waals surface area (Å²) in [5.41, 5.74) is 0.588. The molecule has 1 aromatic carbocycles. The van der Waals surface area contributed by atoms with Gasteiger partial charge in [-0.3, -0.25) is 10.1 Å². The van der Waals surface area contributed by atoms with Crippen LogP contribution in [0.4, 0.5) is 23.0 Å². The summed E-state index contributed by atoms with van der Waals surface area (Å²) in [5, 5.41) is 15.1. The lowest BCUT2D eigenvalue weighted by atomic mass is 10.1. The number of nitrogens with one attached hydrogen (secondary N) is 1. The standard InChI is InChI=1S/C15H16ClN5O2/c16-11-4-6-12(7-5-11)19-14-13(21(22)23)15(18-10-17-14)20-8-2-1-3-9-20/h4-7,10H,1-3,8-9H2,(H,17,18,19). The van der Waals surface area contributed by atoms with Crippen LogP contribution in [-0.2, 0) is 0 Å². The zero-order valence-electron chi connectivity index (χ0n) is 12.4. The van der Waals surface area contributed by atoms with Crippen molar-refractivity contribution in [2.45, 2.75) is 19.3 Å². The van der Waals surface area contributed by atoms with Gasteiger partial charge in [0.1, 0.15) is 6.33 Å². The molecule has 3 rings (SSSR count). The van der Waals surface area contributed by atoms with Crippen molar-refractivity contribution in [1.82, 2.24) is 9.97 Å². The Morgan fingerprint density at radius 1 is 1.13 bits per heavy atom. The van der Waals surface area contributed by atoms with Crippen molar-refractivity contribution in [1.29, 1.82) is 0 Å². The molecular formula is C15H16ClN5O2. The van der Waals surface area contributed by atoms with E-state index in [4.69, 9.17) is 11.6 Å². The van der Waals surface area contributed by atoms with Gasteiger partial charge in [0.2, 0.25) is 11.6 Å². The number of aromatic nitrogens is 2. The SMILES string of the molecule is O=[N+]([O-])c1c(Nc2ccc(Cl)cc2)ncnc1N1CCCCC1. The molecule has 0 aliphatic carbocycles. The zero-order chi connectivity index (χ0) is 16.2. The van der Waals surface area contributed by atoms with Crippen LogP contribution in [0.2, 0.25) is 5.02 Å². The Labute approximate surface area is 138 Å². The molecule has 0 unspecified atom stereocenters. The van der Waals surface area contributed by atoms with Crippen molar-refractivity contribution < 1.29 is 4.92 Å². The number of halogens is 1. The number of benzene rings is 1. The lowest BCUT2D eigenvalue weighted by Crippen LogP contribution is -2.31. The maximum absolute atomic E-state index is 11.6. The monoisotopic (exact) mass is 333 g/mol. The van der Waals surface area contributed by atoms with Gasteiger partial charge in [-0.15, -0.1) is 0 Å². The fraction of sp³-hybridized carbons (Fsp3) is 0.333. The largest absolute Gasteiger partial charge is 0.353 e. The molecule has 120 valence electrons. The van der Waals surface area contributed by atoms with Crippen LogP contribution in [0, 0.1) is 10.1 Å². The molecule has 1 N–H and O–H groups in total. The molecule has 2 heterocycles. The summed E-state index contributed by atoms with van der Waals surface area (Å²) in [6.07, 6.45) is 4.53. The highest BCUT2D eigenvalue weighted by Crippen LogP contribution is 2.34. The fourth-order valence-corrected chi connectivity index (χ4v) is 2.76. The van der Waals surface area contributed by atoms with Crippen LogP contribution in [0.25, 0.3) is 0 Å². The number of anilines is 3. The molecule has 1 aliphatic heterocycles. The number of hydrogen-bond acceptors (Lipinski definition) is 6. The maximum atomic E-state index is 11.6. The smallest absolute Gasteiger partial charge is 0.351 e. The molecule has 0 atom stereocenters. The second kappa shape index (κ2) is 6.78. The van der Waals surface area contributed by atoms with Crippen molar-refractivity contribution in [2.75, 3.05) is 23.3 Å². The highest BCUT2D eigenvalue weighted by atomic mass is 35.5. The number of hydrogen-bond donors (Lipinski definition) is 1. The van der Waals surface area contributed by atoms with E-state index < -0.39 is 4.92 Å². The van der Waals surface area contributed by atoms with Crippen molar-refractivity contribution in [3.05, 3.63) is 45.7 Å². The lowest BCUT2D eigenvalue weighted by molar-refractivity contribution is -0.383. The minimum Gasteiger partial charge on any atom is -0.351 e. The Hall–Kier alpha value is -2.41. The van der Waals surface area contributed by atoms with E-state index in [9.17, 15) is 10.1 Å². The fourth-order valence-electron chi connectivity index (χ4n) is 2.64. The minimum atomic E-state index is -0.428. The van der Waals surface area contributed by atoms with Gasteiger partial charge >= 0.3 is 5.69 Å². The van der Waals surface area contributed by atoms with Gasteiger partial charge in [-0.25, -0.2) is 9.97 Å². The number of nitrogens with zero attached hydrogens (tertiary/aromatic N) is 4. The highest BCUT2D eigenvalue weighted by molar-refractivity contribution is 6.30. The molecule has 23 heavy (non-hydrogen) atoms. The van der Waals surface area contributed by atoms with E-state index >= 15 is 0 Å². The first-order chi connectivity index (χ1) is 11.1. The topological polar surface area (TPSA) is 84.2 Å². The summed E-state index contributed by atoms with van der Waals surface area (Å²) >= 11 is 5.85. The zero-order valence-corrected chi connectivity index (χ0v) is 13.2. The van der Waals surface area contributed by atoms with Crippen LogP contribution in [0.1, 0.15) is 19.3 Å². The quantitative estimate of drug-likeness (QED) is 0.677. The summed E-state index contributed by atoms with van der Waals surface area (Å²) in [6.45, 7) is 1.55. The number of piperidine rings is 1. The molecule has 8 heteroatoms. The predicted octanol–water partition coefficient (Wildman–Crippen LogP) is 3.77. The lowest BCUT2D eigenvalue weighted by Gasteiger charge is -2.27. The van der Waals surface area contributed by atoms with Gasteiger partial charge in [-0.1, -0.05) is 11.6 Å². The molecule has 1 aromatic heterocycles. The van der Waals surface area contributed by atoms with Crippen molar-refractivity contribution in [3.8, 4) is 0 Å². The summed E-state index contributed by atoms with van der Waals surface area (Å²) in [4.78, 5) is 21.3. The second-order valence-corrected chi connectivity index (χ2v) is 5.77. The van der Waals surface area contributed by atoms with Crippen LogP contribution >= 0.6 is 11.6 Å². The molecule has 0 spiro atoms. The Kier molecular flexibility index (Phi) is 4.57. The van der Waals surface area contributed by atoms with Crippen LogP contribution < -0.4 is 10.2 Å². The van der Waals surface area contributed by atoms with Crippen molar-refractivity contribution >= 4 is 34.6 Å². The Morgan fingerprint density at radius 3 is 2.48 bits per heavy atom. The minimum absolute atomic E-state index is 0.0932. The molecule has 0 saturated carbocycles. The van der Waals surface area contributed by atoms with E-state index in [-0.39, 0.29) is 11.5 Å². The van der Waals surface area contributed by atoms with Gasteiger partial charge in [-0.2, -0.15) is 0 Å². The van der Waals surface area contributed by atoms with Gasteiger partial charge in [0.15, 0.2) is 0 Å². The molecule has 1 fully saturated rings. The first kappa shape index (κ1) is 15.5. The first-order valence-corrected chi connectivity index (χ1v) is 7.80. The summed E-state index contributed by atoms with van der Waals surface area (Å²) in [6, 6.07) is 6.91. The third-order valence-corrected chi connectivity index (χ3v) is 4.00. The highest BCUT2D eigenvalue weighted by Gasteiger charge is 2.27. The van der Waals surface area contributed by atoms with E-state index in [1.807, 2.05) is 4.90 Å². The van der Waals surface area contributed by atoms with E-state index in [0.717, 1.165) is 32.4 Å².